The lowest BCUT2D eigenvalue weighted by atomic mass is 9.77. The number of rotatable bonds is 5. The molecule has 1 aliphatic carbocycles. The highest BCUT2D eigenvalue weighted by Crippen LogP contribution is 2.57. The molecule has 0 radical (unpaired) electrons. The molecule has 1 aliphatic rings. The summed E-state index contributed by atoms with van der Waals surface area (Å²) in [4.78, 5) is 2.36. The third kappa shape index (κ3) is 3.95. The summed E-state index contributed by atoms with van der Waals surface area (Å²) in [5, 5.41) is 4.98. The Morgan fingerprint density at radius 1 is 0.347 bits per heavy atom. The van der Waals surface area contributed by atoms with Crippen molar-refractivity contribution in [3.63, 3.8) is 0 Å². The zero-order chi connectivity index (χ0) is 32.4. The van der Waals surface area contributed by atoms with E-state index in [0.717, 1.165) is 17.1 Å². The number of fused-ring (bicyclic) bond motifs is 7. The van der Waals surface area contributed by atoms with Crippen LogP contribution in [0, 0.1) is 0 Å². The average Bonchev–Trinajstić information content (AvgIpc) is 3.66. The van der Waals surface area contributed by atoms with Crippen molar-refractivity contribution in [1.82, 2.24) is 4.57 Å². The smallest absolute Gasteiger partial charge is 0.123 e. The number of hydrogen-bond acceptors (Lipinski definition) is 1. The molecule has 2 heteroatoms. The molecule has 8 aromatic carbocycles. The molecular formula is C47H32N2. The van der Waals surface area contributed by atoms with Gasteiger partial charge in [0.2, 0.25) is 0 Å². The van der Waals surface area contributed by atoms with Gasteiger partial charge in [-0.1, -0.05) is 152 Å². The third-order valence-corrected chi connectivity index (χ3v) is 10.4. The second-order valence-electron chi connectivity index (χ2n) is 12.9. The van der Waals surface area contributed by atoms with Crippen LogP contribution < -0.4 is 4.90 Å². The molecule has 2 nitrogen and oxygen atoms in total. The van der Waals surface area contributed by atoms with Gasteiger partial charge in [-0.25, -0.2) is 0 Å². The molecule has 0 fully saturated rings. The molecule has 1 aromatic heterocycles. The summed E-state index contributed by atoms with van der Waals surface area (Å²) >= 11 is 0. The largest absolute Gasteiger partial charge is 0.322 e. The topological polar surface area (TPSA) is 8.17 Å². The van der Waals surface area contributed by atoms with Crippen LogP contribution >= 0.6 is 0 Å². The van der Waals surface area contributed by atoms with Crippen molar-refractivity contribution >= 4 is 49.6 Å². The summed E-state index contributed by atoms with van der Waals surface area (Å²) in [6.45, 7) is 0. The number of anilines is 3. The van der Waals surface area contributed by atoms with E-state index < -0.39 is 5.54 Å². The number of para-hydroxylation sites is 3. The van der Waals surface area contributed by atoms with Crippen LogP contribution in [0.3, 0.4) is 0 Å². The van der Waals surface area contributed by atoms with Crippen molar-refractivity contribution < 1.29 is 0 Å². The molecule has 49 heavy (non-hydrogen) atoms. The van der Waals surface area contributed by atoms with Gasteiger partial charge in [0, 0.05) is 27.8 Å². The van der Waals surface area contributed by atoms with E-state index in [9.17, 15) is 0 Å². The summed E-state index contributed by atoms with van der Waals surface area (Å²) in [6.07, 6.45) is 0. The van der Waals surface area contributed by atoms with Gasteiger partial charge >= 0.3 is 0 Å². The Balaban J connectivity index is 1.39. The lowest BCUT2D eigenvalue weighted by molar-refractivity contribution is 0.568. The van der Waals surface area contributed by atoms with Gasteiger partial charge in [-0.15, -0.1) is 0 Å². The SMILES string of the molecule is c1ccc(N(c2ccccc2)c2ccc3c4ccccc4n(C4(c5cccc6ccccc56)c5ccccc5-c5ccccc54)c3c2)cc1. The molecule has 0 spiro atoms. The van der Waals surface area contributed by atoms with Crippen molar-refractivity contribution in [2.45, 2.75) is 5.54 Å². The summed E-state index contributed by atoms with van der Waals surface area (Å²) in [6, 6.07) is 71.0. The second-order valence-corrected chi connectivity index (χ2v) is 12.9. The first-order valence-electron chi connectivity index (χ1n) is 17.0. The first-order valence-corrected chi connectivity index (χ1v) is 17.0. The van der Waals surface area contributed by atoms with Crippen LogP contribution in [0.15, 0.2) is 194 Å². The predicted molar refractivity (Wildman–Crippen MR) is 205 cm³/mol. The fourth-order valence-corrected chi connectivity index (χ4v) is 8.47. The Bertz CT molecular complexity index is 2580. The van der Waals surface area contributed by atoms with E-state index in [2.05, 4.69) is 204 Å². The molecule has 0 unspecified atom stereocenters. The highest BCUT2D eigenvalue weighted by molar-refractivity contribution is 6.11. The molecule has 0 N–H and O–H groups in total. The van der Waals surface area contributed by atoms with E-state index in [-0.39, 0.29) is 0 Å². The number of nitrogens with zero attached hydrogens (tertiary/aromatic N) is 2. The van der Waals surface area contributed by atoms with Gasteiger partial charge in [0.05, 0.1) is 11.0 Å². The van der Waals surface area contributed by atoms with E-state index in [4.69, 9.17) is 0 Å². The third-order valence-electron chi connectivity index (χ3n) is 10.4. The van der Waals surface area contributed by atoms with Gasteiger partial charge in [0.25, 0.3) is 0 Å². The Labute approximate surface area is 285 Å². The molecule has 0 saturated carbocycles. The van der Waals surface area contributed by atoms with Crippen LogP contribution in [0.4, 0.5) is 17.1 Å². The fourth-order valence-electron chi connectivity index (χ4n) is 8.47. The van der Waals surface area contributed by atoms with E-state index in [1.54, 1.807) is 0 Å². The minimum Gasteiger partial charge on any atom is -0.322 e. The van der Waals surface area contributed by atoms with Crippen molar-refractivity contribution in [1.29, 1.82) is 0 Å². The predicted octanol–water partition coefficient (Wildman–Crippen LogP) is 12.2. The van der Waals surface area contributed by atoms with Crippen LogP contribution in [0.5, 0.6) is 0 Å². The second kappa shape index (κ2) is 10.8. The Hall–Kier alpha value is -6.38. The first kappa shape index (κ1) is 27.7. The van der Waals surface area contributed by atoms with Gasteiger partial charge in [0.1, 0.15) is 5.54 Å². The maximum absolute atomic E-state index is 2.65. The molecule has 230 valence electrons. The molecule has 9 aromatic rings. The Morgan fingerprint density at radius 3 is 1.55 bits per heavy atom. The van der Waals surface area contributed by atoms with Gasteiger partial charge in [-0.05, 0) is 81.1 Å². The minimum absolute atomic E-state index is 0.641. The van der Waals surface area contributed by atoms with E-state index in [0.29, 0.717) is 0 Å². The van der Waals surface area contributed by atoms with Crippen LogP contribution in [-0.2, 0) is 5.54 Å². The van der Waals surface area contributed by atoms with Gasteiger partial charge < -0.3 is 9.47 Å². The maximum atomic E-state index is 2.65. The van der Waals surface area contributed by atoms with Crippen LogP contribution in [0.2, 0.25) is 0 Å². The number of benzene rings is 8. The van der Waals surface area contributed by atoms with Crippen molar-refractivity contribution in [3.8, 4) is 11.1 Å². The van der Waals surface area contributed by atoms with Crippen LogP contribution in [-0.4, -0.2) is 4.57 Å². The van der Waals surface area contributed by atoms with Crippen LogP contribution in [0.1, 0.15) is 16.7 Å². The molecule has 0 amide bonds. The molecule has 0 aliphatic heterocycles. The fraction of sp³-hybridized carbons (Fsp3) is 0.0213. The van der Waals surface area contributed by atoms with E-state index in [1.807, 2.05) is 0 Å². The Kier molecular flexibility index (Phi) is 6.13. The summed E-state index contributed by atoms with van der Waals surface area (Å²) in [5.41, 5.74) is 11.5. The quantitative estimate of drug-likeness (QED) is 0.185. The molecule has 0 atom stereocenters. The highest BCUT2D eigenvalue weighted by Gasteiger charge is 2.48. The van der Waals surface area contributed by atoms with E-state index in [1.165, 1.54) is 60.4 Å². The summed E-state index contributed by atoms with van der Waals surface area (Å²) < 4.78 is 2.65. The number of aromatic nitrogens is 1. The normalized spacial score (nSPS) is 13.1. The highest BCUT2D eigenvalue weighted by atomic mass is 15.1. The molecule has 10 rings (SSSR count). The standard InChI is InChI=1S/C47H32N2/c1-3-18-34(19-4-1)48(35-20-5-2-6-21-35)36-30-31-41-40-25-11-14-29-45(40)49(46(41)32-36)47(42-28-15-17-33-16-7-8-22-37(33)42)43-26-12-9-23-38(43)39-24-10-13-27-44(39)47/h1-32H. The maximum Gasteiger partial charge on any atom is 0.123 e. The van der Waals surface area contributed by atoms with Gasteiger partial charge in [-0.3, -0.25) is 0 Å². The zero-order valence-corrected chi connectivity index (χ0v) is 26.9. The van der Waals surface area contributed by atoms with Crippen molar-refractivity contribution in [3.05, 3.63) is 211 Å². The average molecular weight is 625 g/mol. The molecule has 0 bridgehead atoms. The van der Waals surface area contributed by atoms with Gasteiger partial charge in [-0.2, -0.15) is 0 Å². The lowest BCUT2D eigenvalue weighted by Gasteiger charge is -2.37. The molecule has 0 saturated heterocycles. The van der Waals surface area contributed by atoms with Crippen molar-refractivity contribution in [2.75, 3.05) is 4.90 Å². The van der Waals surface area contributed by atoms with E-state index >= 15 is 0 Å². The number of hydrogen-bond donors (Lipinski definition) is 0. The lowest BCUT2D eigenvalue weighted by Crippen LogP contribution is -2.36. The zero-order valence-electron chi connectivity index (χ0n) is 26.9. The first-order chi connectivity index (χ1) is 24.3. The van der Waals surface area contributed by atoms with Gasteiger partial charge in [0.15, 0.2) is 0 Å². The molecule has 1 heterocycles. The minimum atomic E-state index is -0.641. The van der Waals surface area contributed by atoms with Crippen molar-refractivity contribution in [2.24, 2.45) is 0 Å². The summed E-state index contributed by atoms with van der Waals surface area (Å²) in [5.74, 6) is 0. The Morgan fingerprint density at radius 2 is 0.857 bits per heavy atom. The summed E-state index contributed by atoms with van der Waals surface area (Å²) in [7, 11) is 0. The monoisotopic (exact) mass is 624 g/mol. The molecular weight excluding hydrogens is 593 g/mol. The van der Waals surface area contributed by atoms with Crippen LogP contribution in [0.25, 0.3) is 43.7 Å².